The summed E-state index contributed by atoms with van der Waals surface area (Å²) in [6.45, 7) is 0.677. The number of carbonyl (C=O) groups excluding carboxylic acids is 2. The fourth-order valence-corrected chi connectivity index (χ4v) is 3.10. The van der Waals surface area contributed by atoms with Gasteiger partial charge in [-0.1, -0.05) is 12.1 Å². The van der Waals surface area contributed by atoms with Crippen molar-refractivity contribution in [1.82, 2.24) is 5.32 Å². The summed E-state index contributed by atoms with van der Waals surface area (Å²) >= 11 is 1.47. The predicted molar refractivity (Wildman–Crippen MR) is 87.3 cm³/mol. The second-order valence-electron chi connectivity index (χ2n) is 4.98. The molecule has 1 aliphatic rings. The van der Waals surface area contributed by atoms with Gasteiger partial charge >= 0.3 is 6.09 Å². The number of ether oxygens (including phenoxy) is 2. The highest BCUT2D eigenvalue weighted by Gasteiger charge is 2.33. The van der Waals surface area contributed by atoms with Gasteiger partial charge < -0.3 is 14.8 Å². The van der Waals surface area contributed by atoms with Gasteiger partial charge in [0.25, 0.3) is 5.91 Å². The number of carbonyl (C=O) groups is 2. The van der Waals surface area contributed by atoms with Crippen LogP contribution in [0.3, 0.4) is 0 Å². The molecule has 1 N–H and O–H groups in total. The molecular weight excluding hydrogens is 316 g/mol. The summed E-state index contributed by atoms with van der Waals surface area (Å²) in [5.74, 6) is 0.252. The number of thiophene rings is 1. The molecule has 1 aliphatic heterocycles. The summed E-state index contributed by atoms with van der Waals surface area (Å²) in [6, 6.07) is 10.7. The molecule has 1 fully saturated rings. The first-order valence-electron chi connectivity index (χ1n) is 7.12. The lowest BCUT2D eigenvalue weighted by Gasteiger charge is -2.12. The van der Waals surface area contributed by atoms with Crippen LogP contribution < -0.4 is 15.0 Å². The van der Waals surface area contributed by atoms with Gasteiger partial charge in [0.15, 0.2) is 0 Å². The van der Waals surface area contributed by atoms with Crippen molar-refractivity contribution >= 4 is 28.3 Å². The van der Waals surface area contributed by atoms with Crippen molar-refractivity contribution in [2.75, 3.05) is 25.1 Å². The number of para-hydroxylation sites is 1. The van der Waals surface area contributed by atoms with Crippen molar-refractivity contribution in [3.8, 4) is 5.75 Å². The van der Waals surface area contributed by atoms with Gasteiger partial charge in [-0.3, -0.25) is 9.69 Å². The summed E-state index contributed by atoms with van der Waals surface area (Å²) in [6.07, 6.45) is -0.757. The summed E-state index contributed by atoms with van der Waals surface area (Å²) in [5.41, 5.74) is 0.453. The van der Waals surface area contributed by atoms with Crippen LogP contribution in [0.4, 0.5) is 9.80 Å². The highest BCUT2D eigenvalue weighted by molar-refractivity contribution is 7.14. The first-order valence-corrected chi connectivity index (χ1v) is 8.00. The van der Waals surface area contributed by atoms with Crippen LogP contribution in [-0.4, -0.2) is 38.3 Å². The molecule has 6 nitrogen and oxygen atoms in total. The average molecular weight is 332 g/mol. The van der Waals surface area contributed by atoms with Gasteiger partial charge in [-0.2, -0.15) is 0 Å². The van der Waals surface area contributed by atoms with Crippen molar-refractivity contribution in [2.24, 2.45) is 0 Å². The van der Waals surface area contributed by atoms with E-state index in [4.69, 9.17) is 9.47 Å². The Labute approximate surface area is 137 Å². The second kappa shape index (κ2) is 6.70. The largest absolute Gasteiger partial charge is 0.496 e. The molecule has 2 heterocycles. The molecule has 7 heteroatoms. The van der Waals surface area contributed by atoms with E-state index in [-0.39, 0.29) is 24.6 Å². The van der Waals surface area contributed by atoms with Crippen LogP contribution in [-0.2, 0) is 4.74 Å². The third kappa shape index (κ3) is 3.29. The monoisotopic (exact) mass is 332 g/mol. The average Bonchev–Trinajstić information content (AvgIpc) is 3.21. The molecule has 23 heavy (non-hydrogen) atoms. The van der Waals surface area contributed by atoms with Crippen LogP contribution >= 0.6 is 11.3 Å². The number of rotatable bonds is 5. The summed E-state index contributed by atoms with van der Waals surface area (Å²) in [7, 11) is 1.52. The second-order valence-corrected chi connectivity index (χ2v) is 5.90. The number of cyclic esters (lactones) is 1. The molecule has 0 radical (unpaired) electrons. The van der Waals surface area contributed by atoms with Crippen LogP contribution in [0.5, 0.6) is 5.75 Å². The summed E-state index contributed by atoms with van der Waals surface area (Å²) in [5, 5.41) is 5.53. The van der Waals surface area contributed by atoms with E-state index in [1.807, 2.05) is 17.5 Å². The number of hydrogen-bond acceptors (Lipinski definition) is 5. The van der Waals surface area contributed by atoms with E-state index >= 15 is 0 Å². The van der Waals surface area contributed by atoms with Gasteiger partial charge in [-0.05, 0) is 29.6 Å². The lowest BCUT2D eigenvalue weighted by atomic mass is 10.2. The molecule has 0 saturated carbocycles. The summed E-state index contributed by atoms with van der Waals surface area (Å²) in [4.78, 5) is 25.7. The molecule has 0 bridgehead atoms. The zero-order valence-electron chi connectivity index (χ0n) is 12.5. The van der Waals surface area contributed by atoms with E-state index < -0.39 is 0 Å². The Bertz CT molecular complexity index is 702. The van der Waals surface area contributed by atoms with Gasteiger partial charge in [-0.25, -0.2) is 4.79 Å². The SMILES string of the molecule is COc1ccccc1C(=O)NCC1CN(c2cccs2)C(=O)O1. The molecule has 3 rings (SSSR count). The van der Waals surface area contributed by atoms with Gasteiger partial charge in [0.05, 0.1) is 25.8 Å². The van der Waals surface area contributed by atoms with Gasteiger partial charge in [0.1, 0.15) is 16.9 Å². The molecule has 1 unspecified atom stereocenters. The van der Waals surface area contributed by atoms with E-state index in [1.54, 1.807) is 29.2 Å². The normalized spacial score (nSPS) is 17.0. The van der Waals surface area contributed by atoms with E-state index in [1.165, 1.54) is 18.4 Å². The molecule has 1 saturated heterocycles. The number of amides is 2. The van der Waals surface area contributed by atoms with Crippen molar-refractivity contribution in [3.63, 3.8) is 0 Å². The van der Waals surface area contributed by atoms with Gasteiger partial charge in [0, 0.05) is 0 Å². The predicted octanol–water partition coefficient (Wildman–Crippen LogP) is 2.51. The Hall–Kier alpha value is -2.54. The van der Waals surface area contributed by atoms with E-state index in [0.29, 0.717) is 17.9 Å². The maximum atomic E-state index is 12.2. The standard InChI is InChI=1S/C16H16N2O4S/c1-21-13-6-3-2-5-12(13)15(19)17-9-11-10-18(16(20)22-11)14-7-4-8-23-14/h2-8,11H,9-10H2,1H3,(H,17,19). The number of nitrogens with one attached hydrogen (secondary N) is 1. The lowest BCUT2D eigenvalue weighted by molar-refractivity contribution is 0.0913. The number of anilines is 1. The minimum absolute atomic E-state index is 0.254. The Morgan fingerprint density at radius 2 is 2.22 bits per heavy atom. The van der Waals surface area contributed by atoms with Crippen LogP contribution in [0.2, 0.25) is 0 Å². The van der Waals surface area contributed by atoms with Gasteiger partial charge in [-0.15, -0.1) is 11.3 Å². The molecule has 1 atom stereocenters. The third-order valence-electron chi connectivity index (χ3n) is 3.49. The maximum Gasteiger partial charge on any atom is 0.415 e. The minimum Gasteiger partial charge on any atom is -0.496 e. The topological polar surface area (TPSA) is 67.9 Å². The molecule has 2 amide bonds. The minimum atomic E-state index is -0.385. The number of hydrogen-bond donors (Lipinski definition) is 1. The Balaban J connectivity index is 1.59. The van der Waals surface area contributed by atoms with Crippen molar-refractivity contribution in [1.29, 1.82) is 0 Å². The fraction of sp³-hybridized carbons (Fsp3) is 0.250. The van der Waals surface area contributed by atoms with Crippen molar-refractivity contribution < 1.29 is 19.1 Å². The molecule has 2 aromatic rings. The highest BCUT2D eigenvalue weighted by Crippen LogP contribution is 2.26. The smallest absolute Gasteiger partial charge is 0.415 e. The molecule has 1 aromatic carbocycles. The fourth-order valence-electron chi connectivity index (χ4n) is 2.37. The summed E-state index contributed by atoms with van der Waals surface area (Å²) < 4.78 is 10.5. The Morgan fingerprint density at radius 3 is 2.96 bits per heavy atom. The molecule has 1 aromatic heterocycles. The van der Waals surface area contributed by atoms with E-state index in [9.17, 15) is 9.59 Å². The van der Waals surface area contributed by atoms with Gasteiger partial charge in [0.2, 0.25) is 0 Å². The molecule has 120 valence electrons. The third-order valence-corrected chi connectivity index (χ3v) is 4.38. The molecule has 0 spiro atoms. The number of methoxy groups -OCH3 is 1. The lowest BCUT2D eigenvalue weighted by Crippen LogP contribution is -2.34. The Kier molecular flexibility index (Phi) is 4.47. The van der Waals surface area contributed by atoms with E-state index in [0.717, 1.165) is 5.00 Å². The first kappa shape index (κ1) is 15.4. The zero-order chi connectivity index (χ0) is 16.2. The van der Waals surface area contributed by atoms with Crippen molar-refractivity contribution in [2.45, 2.75) is 6.10 Å². The van der Waals surface area contributed by atoms with Crippen LogP contribution in [0.1, 0.15) is 10.4 Å². The highest BCUT2D eigenvalue weighted by atomic mass is 32.1. The quantitative estimate of drug-likeness (QED) is 0.913. The van der Waals surface area contributed by atoms with Crippen LogP contribution in [0.25, 0.3) is 0 Å². The molecule has 0 aliphatic carbocycles. The first-order chi connectivity index (χ1) is 11.2. The molecular formula is C16H16N2O4S. The van der Waals surface area contributed by atoms with Crippen LogP contribution in [0, 0.1) is 0 Å². The van der Waals surface area contributed by atoms with E-state index in [2.05, 4.69) is 5.32 Å². The zero-order valence-corrected chi connectivity index (χ0v) is 13.3. The van der Waals surface area contributed by atoms with Crippen molar-refractivity contribution in [3.05, 3.63) is 47.3 Å². The Morgan fingerprint density at radius 1 is 1.39 bits per heavy atom. The maximum absolute atomic E-state index is 12.2. The number of nitrogens with zero attached hydrogens (tertiary/aromatic N) is 1. The van der Waals surface area contributed by atoms with Crippen LogP contribution in [0.15, 0.2) is 41.8 Å². The number of benzene rings is 1.